The van der Waals surface area contributed by atoms with E-state index in [9.17, 15) is 9.59 Å². The molecule has 2 heterocycles. The first-order chi connectivity index (χ1) is 15.1. The summed E-state index contributed by atoms with van der Waals surface area (Å²) in [6, 6.07) is 14.8. The van der Waals surface area contributed by atoms with Gasteiger partial charge in [0.2, 0.25) is 5.91 Å². The second-order valence-electron chi connectivity index (χ2n) is 7.34. The summed E-state index contributed by atoms with van der Waals surface area (Å²) in [5.41, 5.74) is 2.96. The maximum atomic E-state index is 12.7. The average Bonchev–Trinajstić information content (AvgIpc) is 3.45. The van der Waals surface area contributed by atoms with Gasteiger partial charge in [0.25, 0.3) is 5.91 Å². The molecule has 2 amide bonds. The number of aromatic nitrogens is 3. The average molecular weight is 437 g/mol. The summed E-state index contributed by atoms with van der Waals surface area (Å²) in [4.78, 5) is 27.2. The lowest BCUT2D eigenvalue weighted by atomic mass is 10.1. The zero-order valence-electron chi connectivity index (χ0n) is 17.2. The third-order valence-electron chi connectivity index (χ3n) is 5.01. The SMILES string of the molecule is Cn1cnnc1SCC(=O)Nc1cccc(C(=O)Nc2ccc(N3CCCC3)cc2)c1. The molecule has 1 aliphatic rings. The number of anilines is 3. The zero-order chi connectivity index (χ0) is 21.6. The van der Waals surface area contributed by atoms with Crippen LogP contribution in [0.5, 0.6) is 0 Å². The Bertz CT molecular complexity index is 1060. The van der Waals surface area contributed by atoms with Crippen LogP contribution in [0.15, 0.2) is 60.0 Å². The topological polar surface area (TPSA) is 92.1 Å². The van der Waals surface area contributed by atoms with Gasteiger partial charge in [-0.2, -0.15) is 0 Å². The molecule has 0 saturated carbocycles. The lowest BCUT2D eigenvalue weighted by Crippen LogP contribution is -2.18. The molecule has 0 radical (unpaired) electrons. The third-order valence-corrected chi connectivity index (χ3v) is 6.04. The van der Waals surface area contributed by atoms with Crippen molar-refractivity contribution in [3.8, 4) is 0 Å². The van der Waals surface area contributed by atoms with Crippen LogP contribution in [0.2, 0.25) is 0 Å². The highest BCUT2D eigenvalue weighted by Crippen LogP contribution is 2.22. The van der Waals surface area contributed by atoms with Gasteiger partial charge in [-0.05, 0) is 55.3 Å². The van der Waals surface area contributed by atoms with Crippen LogP contribution in [0.1, 0.15) is 23.2 Å². The van der Waals surface area contributed by atoms with E-state index in [-0.39, 0.29) is 17.6 Å². The molecule has 8 nitrogen and oxygen atoms in total. The number of carbonyl (C=O) groups excluding carboxylic acids is 2. The molecule has 1 saturated heterocycles. The lowest BCUT2D eigenvalue weighted by Gasteiger charge is -2.17. The number of hydrogen-bond acceptors (Lipinski definition) is 6. The molecule has 1 fully saturated rings. The van der Waals surface area contributed by atoms with Gasteiger partial charge in [-0.25, -0.2) is 0 Å². The number of nitrogens with one attached hydrogen (secondary N) is 2. The molecule has 2 aromatic carbocycles. The smallest absolute Gasteiger partial charge is 0.255 e. The van der Waals surface area contributed by atoms with Gasteiger partial charge < -0.3 is 20.1 Å². The van der Waals surface area contributed by atoms with Crippen molar-refractivity contribution in [2.24, 2.45) is 7.05 Å². The first-order valence-corrected chi connectivity index (χ1v) is 11.1. The molecule has 160 valence electrons. The molecular formula is C22H24N6O2S. The minimum Gasteiger partial charge on any atom is -0.372 e. The molecule has 1 aliphatic heterocycles. The maximum absolute atomic E-state index is 12.7. The highest BCUT2D eigenvalue weighted by atomic mass is 32.2. The van der Waals surface area contributed by atoms with Crippen molar-refractivity contribution in [1.29, 1.82) is 0 Å². The van der Waals surface area contributed by atoms with E-state index >= 15 is 0 Å². The van der Waals surface area contributed by atoms with E-state index in [1.54, 1.807) is 35.2 Å². The van der Waals surface area contributed by atoms with Crippen molar-refractivity contribution >= 4 is 40.6 Å². The molecule has 3 aromatic rings. The second kappa shape index (κ2) is 9.65. The highest BCUT2D eigenvalue weighted by Gasteiger charge is 2.13. The van der Waals surface area contributed by atoms with E-state index in [0.717, 1.165) is 18.8 Å². The molecule has 31 heavy (non-hydrogen) atoms. The normalized spacial score (nSPS) is 13.3. The quantitative estimate of drug-likeness (QED) is 0.552. The molecule has 0 unspecified atom stereocenters. The Kier molecular flexibility index (Phi) is 6.51. The number of aryl methyl sites for hydroxylation is 1. The summed E-state index contributed by atoms with van der Waals surface area (Å²) in [6.45, 7) is 2.17. The van der Waals surface area contributed by atoms with Crippen molar-refractivity contribution < 1.29 is 9.59 Å². The van der Waals surface area contributed by atoms with Gasteiger partial charge >= 0.3 is 0 Å². The predicted octanol–water partition coefficient (Wildman–Crippen LogP) is 3.40. The second-order valence-corrected chi connectivity index (χ2v) is 8.28. The Balaban J connectivity index is 1.33. The molecular weight excluding hydrogens is 412 g/mol. The summed E-state index contributed by atoms with van der Waals surface area (Å²) in [6.07, 6.45) is 4.04. The van der Waals surface area contributed by atoms with Gasteiger partial charge in [0.1, 0.15) is 6.33 Å². The fraction of sp³-hybridized carbons (Fsp3) is 0.273. The van der Waals surface area contributed by atoms with E-state index in [0.29, 0.717) is 16.4 Å². The first-order valence-electron chi connectivity index (χ1n) is 10.1. The van der Waals surface area contributed by atoms with Crippen LogP contribution in [0, 0.1) is 0 Å². The van der Waals surface area contributed by atoms with E-state index < -0.39 is 0 Å². The number of hydrogen-bond donors (Lipinski definition) is 2. The molecule has 2 N–H and O–H groups in total. The molecule has 0 spiro atoms. The van der Waals surface area contributed by atoms with Crippen molar-refractivity contribution in [3.63, 3.8) is 0 Å². The number of benzene rings is 2. The summed E-state index contributed by atoms with van der Waals surface area (Å²) < 4.78 is 1.75. The minimum atomic E-state index is -0.224. The summed E-state index contributed by atoms with van der Waals surface area (Å²) in [5, 5.41) is 14.1. The van der Waals surface area contributed by atoms with Gasteiger partial charge in [-0.3, -0.25) is 9.59 Å². The van der Waals surface area contributed by atoms with Gasteiger partial charge in [-0.15, -0.1) is 10.2 Å². The minimum absolute atomic E-state index is 0.178. The number of nitrogens with zero attached hydrogens (tertiary/aromatic N) is 4. The van der Waals surface area contributed by atoms with Gasteiger partial charge in [0.15, 0.2) is 5.16 Å². The standard InChI is InChI=1S/C22H24N6O2S/c1-27-15-23-26-22(27)31-14-20(29)24-18-6-4-5-16(13-18)21(30)25-17-7-9-19(10-8-17)28-11-2-3-12-28/h4-10,13,15H,2-3,11-12,14H2,1H3,(H,24,29)(H,25,30). The van der Waals surface area contributed by atoms with Crippen molar-refractivity contribution in [2.45, 2.75) is 18.0 Å². The Labute approximate surface area is 185 Å². The van der Waals surface area contributed by atoms with Crippen LogP contribution in [-0.2, 0) is 11.8 Å². The molecule has 1 aromatic heterocycles. The van der Waals surface area contributed by atoms with Crippen LogP contribution >= 0.6 is 11.8 Å². The Morgan fingerprint density at radius 3 is 2.52 bits per heavy atom. The van der Waals surface area contributed by atoms with E-state index in [1.165, 1.54) is 30.3 Å². The van der Waals surface area contributed by atoms with Gasteiger partial charge in [-0.1, -0.05) is 17.8 Å². The number of rotatable bonds is 7. The number of thioether (sulfide) groups is 1. The highest BCUT2D eigenvalue weighted by molar-refractivity contribution is 7.99. The van der Waals surface area contributed by atoms with Crippen LogP contribution in [0.4, 0.5) is 17.1 Å². The van der Waals surface area contributed by atoms with Crippen molar-refractivity contribution in [3.05, 3.63) is 60.4 Å². The molecule has 0 bridgehead atoms. The van der Waals surface area contributed by atoms with E-state index in [1.807, 2.05) is 31.3 Å². The Hall–Kier alpha value is -3.33. The number of carbonyl (C=O) groups is 2. The number of amides is 2. The Morgan fingerprint density at radius 2 is 1.81 bits per heavy atom. The van der Waals surface area contributed by atoms with Crippen LogP contribution in [0.3, 0.4) is 0 Å². The summed E-state index contributed by atoms with van der Waals surface area (Å²) in [5.74, 6) is -0.201. The summed E-state index contributed by atoms with van der Waals surface area (Å²) in [7, 11) is 1.82. The van der Waals surface area contributed by atoms with E-state index in [4.69, 9.17) is 0 Å². The van der Waals surface area contributed by atoms with Crippen molar-refractivity contribution in [1.82, 2.24) is 14.8 Å². The maximum Gasteiger partial charge on any atom is 0.255 e. The van der Waals surface area contributed by atoms with Crippen molar-refractivity contribution in [2.75, 3.05) is 34.4 Å². The third kappa shape index (κ3) is 5.43. The fourth-order valence-corrected chi connectivity index (χ4v) is 4.09. The molecule has 0 aliphatic carbocycles. The fourth-order valence-electron chi connectivity index (χ4n) is 3.40. The van der Waals surface area contributed by atoms with Crippen LogP contribution < -0.4 is 15.5 Å². The van der Waals surface area contributed by atoms with Gasteiger partial charge in [0.05, 0.1) is 5.75 Å². The molecule has 4 rings (SSSR count). The molecule has 0 atom stereocenters. The zero-order valence-corrected chi connectivity index (χ0v) is 18.1. The van der Waals surface area contributed by atoms with Crippen LogP contribution in [0.25, 0.3) is 0 Å². The van der Waals surface area contributed by atoms with Crippen LogP contribution in [-0.4, -0.2) is 45.4 Å². The lowest BCUT2D eigenvalue weighted by molar-refractivity contribution is -0.113. The Morgan fingerprint density at radius 1 is 1.03 bits per heavy atom. The van der Waals surface area contributed by atoms with E-state index in [2.05, 4.69) is 25.7 Å². The largest absolute Gasteiger partial charge is 0.372 e. The first kappa shape index (κ1) is 20.9. The van der Waals surface area contributed by atoms with Gasteiger partial charge in [0, 0.05) is 42.8 Å². The monoisotopic (exact) mass is 436 g/mol. The molecule has 9 heteroatoms. The predicted molar refractivity (Wildman–Crippen MR) is 123 cm³/mol. The summed E-state index contributed by atoms with van der Waals surface area (Å²) >= 11 is 1.30.